The molecule has 35 heavy (non-hydrogen) atoms. The summed E-state index contributed by atoms with van der Waals surface area (Å²) < 4.78 is 52.2. The minimum Gasteiger partial charge on any atom is -0.497 e. The van der Waals surface area contributed by atoms with Crippen LogP contribution < -0.4 is 24.2 Å². The van der Waals surface area contributed by atoms with Gasteiger partial charge in [-0.1, -0.05) is 5.16 Å². The van der Waals surface area contributed by atoms with Crippen LogP contribution in [0.25, 0.3) is 11.0 Å². The van der Waals surface area contributed by atoms with Crippen molar-refractivity contribution < 1.29 is 27.2 Å². The molecule has 11 nitrogen and oxygen atoms in total. The fraction of sp³-hybridized carbons (Fsp3) is 0.273. The summed E-state index contributed by atoms with van der Waals surface area (Å²) in [6.07, 6.45) is 1.86. The summed E-state index contributed by atoms with van der Waals surface area (Å²) >= 11 is 0. The topological polar surface area (TPSA) is 130 Å². The number of fused-ring (bicyclic) bond motifs is 2. The Kier molecular flexibility index (Phi) is 6.79. The molecule has 0 radical (unpaired) electrons. The second kappa shape index (κ2) is 9.64. The van der Waals surface area contributed by atoms with E-state index in [1.807, 2.05) is 16.9 Å². The number of rotatable bonds is 8. The molecule has 2 N–H and O–H groups in total. The van der Waals surface area contributed by atoms with Crippen LogP contribution in [0.4, 0.5) is 5.82 Å². The number of aromatic nitrogens is 3. The van der Waals surface area contributed by atoms with E-state index in [9.17, 15) is 8.42 Å². The summed E-state index contributed by atoms with van der Waals surface area (Å²) in [6.45, 7) is 2.07. The first kappa shape index (κ1) is 24.6. The average Bonchev–Trinajstić information content (AvgIpc) is 3.56. The molecule has 13 heteroatoms. The molecule has 0 amide bonds. The third kappa shape index (κ3) is 4.47. The van der Waals surface area contributed by atoms with E-state index in [1.165, 1.54) is 39.0 Å². The number of hydrogen-bond acceptors (Lipinski definition) is 9. The smallest absolute Gasteiger partial charge is 0.266 e. The van der Waals surface area contributed by atoms with E-state index in [0.717, 1.165) is 24.3 Å². The maximum absolute atomic E-state index is 13.2. The minimum atomic E-state index is -4.09. The van der Waals surface area contributed by atoms with Crippen molar-refractivity contribution in [3.8, 4) is 17.2 Å². The van der Waals surface area contributed by atoms with Crippen molar-refractivity contribution in [2.45, 2.75) is 24.5 Å². The average molecular weight is 522 g/mol. The zero-order chi connectivity index (χ0) is 23.9. The standard InChI is InChI=1S/C22H23N5O6S.ClH/c1-30-15-4-5-17(31-2)20(8-15)34(28,29)26-22-21-18(32-3)6-13(7-19(21)33-25-22)12-27-16-11-23-9-14(16)10-24-27;/h4-8,10,23H,9,11-12H2,1-3H3,(H,25,26);1H. The van der Waals surface area contributed by atoms with Crippen molar-refractivity contribution in [3.63, 3.8) is 0 Å². The number of sulfonamides is 1. The van der Waals surface area contributed by atoms with E-state index < -0.39 is 10.0 Å². The molecule has 1 aliphatic heterocycles. The van der Waals surface area contributed by atoms with Crippen LogP contribution in [0.15, 0.2) is 45.9 Å². The maximum Gasteiger partial charge on any atom is 0.266 e. The molecule has 1 aliphatic rings. The summed E-state index contributed by atoms with van der Waals surface area (Å²) in [5.74, 6) is 0.962. The van der Waals surface area contributed by atoms with E-state index in [2.05, 4.69) is 20.3 Å². The lowest BCUT2D eigenvalue weighted by Gasteiger charge is -2.12. The van der Waals surface area contributed by atoms with E-state index in [1.54, 1.807) is 12.1 Å². The van der Waals surface area contributed by atoms with Crippen LogP contribution in [0.5, 0.6) is 17.2 Å². The molecule has 2 aromatic heterocycles. The number of methoxy groups -OCH3 is 3. The number of anilines is 1. The van der Waals surface area contributed by atoms with E-state index in [4.69, 9.17) is 18.7 Å². The molecule has 186 valence electrons. The third-order valence-electron chi connectivity index (χ3n) is 5.68. The molecule has 0 saturated heterocycles. The lowest BCUT2D eigenvalue weighted by atomic mass is 10.1. The number of benzene rings is 2. The zero-order valence-corrected chi connectivity index (χ0v) is 20.8. The number of hydrogen-bond donors (Lipinski definition) is 2. The number of ether oxygens (including phenoxy) is 3. The van der Waals surface area contributed by atoms with Crippen LogP contribution in [0.1, 0.15) is 16.8 Å². The predicted octanol–water partition coefficient (Wildman–Crippen LogP) is 2.92. The Labute approximate surface area is 207 Å². The van der Waals surface area contributed by atoms with Crippen molar-refractivity contribution in [1.29, 1.82) is 0 Å². The Morgan fingerprint density at radius 2 is 1.89 bits per heavy atom. The zero-order valence-electron chi connectivity index (χ0n) is 19.2. The molecule has 0 spiro atoms. The number of nitrogens with zero attached hydrogens (tertiary/aromatic N) is 3. The van der Waals surface area contributed by atoms with Crippen LogP contribution in [0, 0.1) is 0 Å². The molecule has 0 unspecified atom stereocenters. The third-order valence-corrected chi connectivity index (χ3v) is 7.04. The first-order chi connectivity index (χ1) is 16.4. The molecule has 0 saturated carbocycles. The lowest BCUT2D eigenvalue weighted by Crippen LogP contribution is -2.15. The molecular formula is C22H24ClN5O6S. The highest BCUT2D eigenvalue weighted by molar-refractivity contribution is 7.92. The van der Waals surface area contributed by atoms with Crippen LogP contribution in [-0.4, -0.2) is 44.7 Å². The van der Waals surface area contributed by atoms with Gasteiger partial charge in [0.25, 0.3) is 10.0 Å². The molecule has 0 bridgehead atoms. The lowest BCUT2D eigenvalue weighted by molar-refractivity contribution is 0.392. The van der Waals surface area contributed by atoms with Gasteiger partial charge in [0.1, 0.15) is 27.5 Å². The Morgan fingerprint density at radius 3 is 2.63 bits per heavy atom. The highest BCUT2D eigenvalue weighted by atomic mass is 35.5. The number of halogens is 1. The fourth-order valence-electron chi connectivity index (χ4n) is 4.01. The van der Waals surface area contributed by atoms with Gasteiger partial charge in [0.05, 0.1) is 39.8 Å². The van der Waals surface area contributed by atoms with Crippen molar-refractivity contribution in [2.24, 2.45) is 0 Å². The van der Waals surface area contributed by atoms with Crippen LogP contribution in [-0.2, 0) is 29.7 Å². The van der Waals surface area contributed by atoms with Crippen molar-refractivity contribution in [2.75, 3.05) is 26.1 Å². The van der Waals surface area contributed by atoms with Gasteiger partial charge in [-0.15, -0.1) is 12.4 Å². The summed E-state index contributed by atoms with van der Waals surface area (Å²) in [5.41, 5.74) is 3.57. The first-order valence-electron chi connectivity index (χ1n) is 10.4. The highest BCUT2D eigenvalue weighted by Crippen LogP contribution is 2.36. The summed E-state index contributed by atoms with van der Waals surface area (Å²) in [6, 6.07) is 8.11. The molecule has 4 aromatic rings. The quantitative estimate of drug-likeness (QED) is 0.359. The monoisotopic (exact) mass is 521 g/mol. The van der Waals surface area contributed by atoms with Crippen LogP contribution >= 0.6 is 12.4 Å². The highest BCUT2D eigenvalue weighted by Gasteiger charge is 2.25. The van der Waals surface area contributed by atoms with E-state index in [0.29, 0.717) is 29.0 Å². The molecule has 0 atom stereocenters. The van der Waals surface area contributed by atoms with Gasteiger partial charge in [-0.25, -0.2) is 8.42 Å². The van der Waals surface area contributed by atoms with Crippen LogP contribution in [0.2, 0.25) is 0 Å². The normalized spacial score (nSPS) is 12.8. The second-order valence-corrected chi connectivity index (χ2v) is 9.35. The Balaban J connectivity index is 0.00000289. The largest absolute Gasteiger partial charge is 0.497 e. The van der Waals surface area contributed by atoms with Crippen molar-refractivity contribution >= 4 is 39.2 Å². The van der Waals surface area contributed by atoms with Crippen molar-refractivity contribution in [1.82, 2.24) is 20.3 Å². The van der Waals surface area contributed by atoms with Crippen molar-refractivity contribution in [3.05, 3.63) is 53.3 Å². The predicted molar refractivity (Wildman–Crippen MR) is 130 cm³/mol. The summed E-state index contributed by atoms with van der Waals surface area (Å²) in [7, 11) is 0.260. The van der Waals surface area contributed by atoms with Gasteiger partial charge in [-0.05, 0) is 29.8 Å². The molecule has 5 rings (SSSR count). The van der Waals surface area contributed by atoms with Gasteiger partial charge in [0.2, 0.25) is 0 Å². The Bertz CT molecular complexity index is 1480. The van der Waals surface area contributed by atoms with E-state index in [-0.39, 0.29) is 28.9 Å². The second-order valence-electron chi connectivity index (χ2n) is 7.70. The van der Waals surface area contributed by atoms with Gasteiger partial charge in [0.15, 0.2) is 11.4 Å². The minimum absolute atomic E-state index is 0. The Hall–Kier alpha value is -3.48. The first-order valence-corrected chi connectivity index (χ1v) is 11.9. The number of nitrogens with one attached hydrogen (secondary N) is 2. The van der Waals surface area contributed by atoms with E-state index >= 15 is 0 Å². The summed E-state index contributed by atoms with van der Waals surface area (Å²) in [4.78, 5) is -0.0952. The molecule has 0 fully saturated rings. The Morgan fingerprint density at radius 1 is 1.09 bits per heavy atom. The molecule has 0 aliphatic carbocycles. The van der Waals surface area contributed by atoms with Gasteiger partial charge >= 0.3 is 0 Å². The van der Waals surface area contributed by atoms with Gasteiger partial charge in [0, 0.05) is 24.7 Å². The summed E-state index contributed by atoms with van der Waals surface area (Å²) in [5, 5.41) is 12.1. The van der Waals surface area contributed by atoms with Crippen LogP contribution in [0.3, 0.4) is 0 Å². The molecule has 3 heterocycles. The fourth-order valence-corrected chi connectivity index (χ4v) is 5.21. The maximum atomic E-state index is 13.2. The van der Waals surface area contributed by atoms with Gasteiger partial charge in [-0.2, -0.15) is 5.10 Å². The SMILES string of the molecule is COc1ccc(OC)c(S(=O)(=O)Nc2noc3cc(Cn4ncc5c4CNC5)cc(OC)c23)c1.Cl. The molecule has 2 aromatic carbocycles. The van der Waals surface area contributed by atoms with Gasteiger partial charge < -0.3 is 24.1 Å². The molecular weight excluding hydrogens is 498 g/mol. The van der Waals surface area contributed by atoms with Gasteiger partial charge in [-0.3, -0.25) is 9.40 Å².